The molecule has 0 amide bonds. The molecule has 0 fully saturated rings. The largest absolute Gasteiger partial charge is 0.367 e. The van der Waals surface area contributed by atoms with Crippen LogP contribution in [0.3, 0.4) is 0 Å². The van der Waals surface area contributed by atoms with E-state index in [1.807, 2.05) is 0 Å². The number of nitrogens with zero attached hydrogens (tertiary/aromatic N) is 1. The van der Waals surface area contributed by atoms with Crippen molar-refractivity contribution in [1.29, 1.82) is 0 Å². The summed E-state index contributed by atoms with van der Waals surface area (Å²) in [5.41, 5.74) is 7.43. The predicted molar refractivity (Wildman–Crippen MR) is 93.9 cm³/mol. The summed E-state index contributed by atoms with van der Waals surface area (Å²) in [6, 6.07) is 15.6. The average Bonchev–Trinajstić information content (AvgIpc) is 2.52. The molecule has 114 valence electrons. The Kier molecular flexibility index (Phi) is 5.63. The van der Waals surface area contributed by atoms with Gasteiger partial charge in [0.25, 0.3) is 0 Å². The molecule has 0 saturated heterocycles. The third kappa shape index (κ3) is 3.38. The highest BCUT2D eigenvalue weighted by atomic mass is 15.2. The zero-order valence-corrected chi connectivity index (χ0v) is 13.5. The van der Waals surface area contributed by atoms with Gasteiger partial charge >= 0.3 is 0 Å². The summed E-state index contributed by atoms with van der Waals surface area (Å²) in [5, 5.41) is 2.62. The van der Waals surface area contributed by atoms with Crippen LogP contribution in [0.1, 0.15) is 33.6 Å². The summed E-state index contributed by atoms with van der Waals surface area (Å²) < 4.78 is 0. The van der Waals surface area contributed by atoms with Crippen LogP contribution in [-0.2, 0) is 0 Å². The lowest BCUT2D eigenvalue weighted by molar-refractivity contribution is 0.405. The summed E-state index contributed by atoms with van der Waals surface area (Å²) in [6.45, 7) is 8.50. The van der Waals surface area contributed by atoms with Gasteiger partial charge < -0.3 is 10.6 Å². The van der Waals surface area contributed by atoms with Crippen LogP contribution < -0.4 is 10.6 Å². The maximum absolute atomic E-state index is 6.12. The molecule has 0 aromatic heterocycles. The third-order valence-corrected chi connectivity index (χ3v) is 4.46. The smallest absolute Gasteiger partial charge is 0.0448 e. The first-order valence-electron chi connectivity index (χ1n) is 8.17. The number of fused-ring (bicyclic) bond motifs is 1. The maximum atomic E-state index is 6.12. The number of rotatable bonds is 7. The van der Waals surface area contributed by atoms with Crippen LogP contribution in [0.25, 0.3) is 10.8 Å². The molecular formula is C19H28N2. The molecule has 21 heavy (non-hydrogen) atoms. The minimum Gasteiger partial charge on any atom is -0.367 e. The molecule has 0 radical (unpaired) electrons. The first kappa shape index (κ1) is 15.8. The maximum Gasteiger partial charge on any atom is 0.0448 e. The quantitative estimate of drug-likeness (QED) is 0.815. The molecule has 2 rings (SSSR count). The second-order valence-electron chi connectivity index (χ2n) is 5.85. The highest BCUT2D eigenvalue weighted by molar-refractivity contribution is 5.94. The lowest BCUT2D eigenvalue weighted by Gasteiger charge is -2.37. The summed E-state index contributed by atoms with van der Waals surface area (Å²) in [7, 11) is 0. The van der Waals surface area contributed by atoms with E-state index in [1.165, 1.54) is 29.3 Å². The summed E-state index contributed by atoms with van der Waals surface area (Å²) in [4.78, 5) is 2.49. The Bertz CT molecular complexity index is 559. The van der Waals surface area contributed by atoms with Crippen LogP contribution in [0.4, 0.5) is 5.69 Å². The van der Waals surface area contributed by atoms with Crippen molar-refractivity contribution < 1.29 is 0 Å². The van der Waals surface area contributed by atoms with Gasteiger partial charge in [-0.2, -0.15) is 0 Å². The Morgan fingerprint density at radius 2 is 1.76 bits per heavy atom. The molecule has 2 aromatic rings. The van der Waals surface area contributed by atoms with Gasteiger partial charge in [-0.15, -0.1) is 0 Å². The van der Waals surface area contributed by atoms with Gasteiger partial charge in [0.15, 0.2) is 0 Å². The Morgan fingerprint density at radius 1 is 1.05 bits per heavy atom. The molecule has 2 N–H and O–H groups in total. The van der Waals surface area contributed by atoms with E-state index in [1.54, 1.807) is 0 Å². The number of benzene rings is 2. The van der Waals surface area contributed by atoms with E-state index in [4.69, 9.17) is 5.73 Å². The Labute approximate surface area is 128 Å². The third-order valence-electron chi connectivity index (χ3n) is 4.46. The normalized spacial score (nSPS) is 14.1. The van der Waals surface area contributed by atoms with E-state index < -0.39 is 0 Å². The van der Waals surface area contributed by atoms with Crippen LogP contribution in [0.15, 0.2) is 42.5 Å². The standard InChI is InChI=1S/C19H28N2/c1-4-9-15(3)19(14-20)21(5-2)18-13-8-11-16-10-6-7-12-17(16)18/h6-8,10-13,15,19H,4-5,9,14,20H2,1-3H3. The van der Waals surface area contributed by atoms with Crippen molar-refractivity contribution in [1.82, 2.24) is 0 Å². The van der Waals surface area contributed by atoms with Gasteiger partial charge in [-0.25, -0.2) is 0 Å². The van der Waals surface area contributed by atoms with Gasteiger partial charge in [0.1, 0.15) is 0 Å². The van der Waals surface area contributed by atoms with Crippen molar-refractivity contribution in [2.45, 2.75) is 39.7 Å². The first-order valence-corrected chi connectivity index (χ1v) is 8.17. The van der Waals surface area contributed by atoms with Crippen LogP contribution in [0, 0.1) is 5.92 Å². The van der Waals surface area contributed by atoms with E-state index in [0.29, 0.717) is 18.5 Å². The number of hydrogen-bond acceptors (Lipinski definition) is 2. The molecule has 2 atom stereocenters. The Balaban J connectivity index is 2.42. The van der Waals surface area contributed by atoms with Crippen molar-refractivity contribution in [2.75, 3.05) is 18.0 Å². The summed E-state index contributed by atoms with van der Waals surface area (Å²) >= 11 is 0. The SMILES string of the molecule is CCCC(C)C(CN)N(CC)c1cccc2ccccc12. The minimum absolute atomic E-state index is 0.403. The second kappa shape index (κ2) is 7.46. The van der Waals surface area contributed by atoms with Gasteiger partial charge in [0.2, 0.25) is 0 Å². The van der Waals surface area contributed by atoms with Gasteiger partial charge in [0.05, 0.1) is 0 Å². The van der Waals surface area contributed by atoms with Gasteiger partial charge in [-0.05, 0) is 30.7 Å². The molecule has 0 bridgehead atoms. The molecule has 0 heterocycles. The molecule has 0 saturated carbocycles. The molecule has 2 heteroatoms. The monoisotopic (exact) mass is 284 g/mol. The van der Waals surface area contributed by atoms with Crippen LogP contribution in [-0.4, -0.2) is 19.1 Å². The highest BCUT2D eigenvalue weighted by Gasteiger charge is 2.23. The lowest BCUT2D eigenvalue weighted by atomic mass is 9.94. The van der Waals surface area contributed by atoms with Crippen LogP contribution >= 0.6 is 0 Å². The lowest BCUT2D eigenvalue weighted by Crippen LogP contribution is -2.45. The minimum atomic E-state index is 0.403. The Hall–Kier alpha value is -1.54. The van der Waals surface area contributed by atoms with E-state index in [2.05, 4.69) is 68.1 Å². The zero-order valence-electron chi connectivity index (χ0n) is 13.5. The number of hydrogen-bond donors (Lipinski definition) is 1. The fourth-order valence-electron chi connectivity index (χ4n) is 3.36. The highest BCUT2D eigenvalue weighted by Crippen LogP contribution is 2.30. The summed E-state index contributed by atoms with van der Waals surface area (Å²) in [6.07, 6.45) is 2.44. The molecule has 0 aliphatic carbocycles. The molecule has 2 unspecified atom stereocenters. The van der Waals surface area contributed by atoms with Gasteiger partial charge in [-0.3, -0.25) is 0 Å². The molecule has 0 aliphatic rings. The predicted octanol–water partition coefficient (Wildman–Crippen LogP) is 4.43. The molecular weight excluding hydrogens is 256 g/mol. The van der Waals surface area contributed by atoms with Crippen LogP contribution in [0.5, 0.6) is 0 Å². The van der Waals surface area contributed by atoms with Crippen molar-refractivity contribution in [3.8, 4) is 0 Å². The zero-order chi connectivity index (χ0) is 15.2. The average molecular weight is 284 g/mol. The van der Waals surface area contributed by atoms with Crippen LogP contribution in [0.2, 0.25) is 0 Å². The van der Waals surface area contributed by atoms with Crippen molar-refractivity contribution in [3.05, 3.63) is 42.5 Å². The molecule has 2 aromatic carbocycles. The fourth-order valence-corrected chi connectivity index (χ4v) is 3.36. The molecule has 0 spiro atoms. The van der Waals surface area contributed by atoms with Crippen molar-refractivity contribution >= 4 is 16.5 Å². The fraction of sp³-hybridized carbons (Fsp3) is 0.474. The van der Waals surface area contributed by atoms with E-state index >= 15 is 0 Å². The molecule has 2 nitrogen and oxygen atoms in total. The Morgan fingerprint density at radius 3 is 2.43 bits per heavy atom. The van der Waals surface area contributed by atoms with E-state index in [-0.39, 0.29) is 0 Å². The number of nitrogens with two attached hydrogens (primary N) is 1. The summed E-state index contributed by atoms with van der Waals surface area (Å²) in [5.74, 6) is 0.610. The van der Waals surface area contributed by atoms with Crippen molar-refractivity contribution in [3.63, 3.8) is 0 Å². The van der Waals surface area contributed by atoms with Crippen molar-refractivity contribution in [2.24, 2.45) is 11.7 Å². The second-order valence-corrected chi connectivity index (χ2v) is 5.85. The topological polar surface area (TPSA) is 29.3 Å². The van der Waals surface area contributed by atoms with E-state index in [0.717, 1.165) is 6.54 Å². The number of anilines is 1. The molecule has 0 aliphatic heterocycles. The van der Waals surface area contributed by atoms with Gasteiger partial charge in [-0.1, -0.05) is 56.7 Å². The first-order chi connectivity index (χ1) is 10.2. The van der Waals surface area contributed by atoms with Gasteiger partial charge in [0, 0.05) is 30.2 Å². The van der Waals surface area contributed by atoms with E-state index in [9.17, 15) is 0 Å². The number of likely N-dealkylation sites (N-methyl/N-ethyl adjacent to an activating group) is 1.